The molecule has 0 aromatic carbocycles. The number of hydrogen-bond acceptors (Lipinski definition) is 5. The minimum absolute atomic E-state index is 0.0770. The van der Waals surface area contributed by atoms with E-state index in [4.69, 9.17) is 0 Å². The van der Waals surface area contributed by atoms with Crippen molar-refractivity contribution in [2.75, 3.05) is 13.1 Å². The summed E-state index contributed by atoms with van der Waals surface area (Å²) in [5.74, 6) is -0.0770. The summed E-state index contributed by atoms with van der Waals surface area (Å²) in [6, 6.07) is 2.25. The number of carbonyl (C=O) groups excluding carboxylic acids is 1. The molecule has 1 fully saturated rings. The summed E-state index contributed by atoms with van der Waals surface area (Å²) in [6.07, 6.45) is 0.987. The highest BCUT2D eigenvalue weighted by Crippen LogP contribution is 2.31. The van der Waals surface area contributed by atoms with E-state index in [1.54, 1.807) is 11.3 Å². The molecule has 1 amide bonds. The smallest absolute Gasteiger partial charge is 0.271 e. The molecule has 3 heterocycles. The van der Waals surface area contributed by atoms with Crippen molar-refractivity contribution in [3.8, 4) is 9.88 Å². The molecular formula is C12H12BrN3OS2. The highest BCUT2D eigenvalue weighted by Gasteiger charge is 2.19. The molecule has 1 atom stereocenters. The van der Waals surface area contributed by atoms with E-state index in [-0.39, 0.29) is 11.9 Å². The first-order valence-electron chi connectivity index (χ1n) is 5.94. The van der Waals surface area contributed by atoms with Crippen molar-refractivity contribution in [2.45, 2.75) is 12.5 Å². The van der Waals surface area contributed by atoms with Gasteiger partial charge in [-0.3, -0.25) is 4.79 Å². The van der Waals surface area contributed by atoms with Gasteiger partial charge < -0.3 is 10.6 Å². The standard InChI is InChI=1S/C12H12BrN3OS2/c13-7-3-10(18-5-7)12-16-9(6-19-12)11(17)15-8-1-2-14-4-8/h3,5-6,8,14H,1-2,4H2,(H,15,17). The van der Waals surface area contributed by atoms with Gasteiger partial charge in [-0.05, 0) is 35.0 Å². The minimum Gasteiger partial charge on any atom is -0.347 e. The molecule has 0 aliphatic carbocycles. The first-order valence-corrected chi connectivity index (χ1v) is 8.49. The van der Waals surface area contributed by atoms with Crippen molar-refractivity contribution in [3.05, 3.63) is 27.0 Å². The van der Waals surface area contributed by atoms with E-state index in [0.29, 0.717) is 5.69 Å². The normalized spacial score (nSPS) is 18.7. The molecule has 2 aromatic rings. The first kappa shape index (κ1) is 13.2. The van der Waals surface area contributed by atoms with Crippen LogP contribution in [-0.2, 0) is 0 Å². The van der Waals surface area contributed by atoms with Crippen molar-refractivity contribution >= 4 is 44.5 Å². The van der Waals surface area contributed by atoms with Crippen LogP contribution < -0.4 is 10.6 Å². The number of aromatic nitrogens is 1. The Morgan fingerprint density at radius 3 is 3.05 bits per heavy atom. The van der Waals surface area contributed by atoms with Gasteiger partial charge in [-0.2, -0.15) is 0 Å². The van der Waals surface area contributed by atoms with Crippen molar-refractivity contribution in [2.24, 2.45) is 0 Å². The lowest BCUT2D eigenvalue weighted by Crippen LogP contribution is -2.36. The van der Waals surface area contributed by atoms with Crippen molar-refractivity contribution in [1.29, 1.82) is 0 Å². The zero-order valence-corrected chi connectivity index (χ0v) is 13.2. The Labute approximate surface area is 127 Å². The molecular weight excluding hydrogens is 346 g/mol. The molecule has 100 valence electrons. The van der Waals surface area contributed by atoms with Crippen molar-refractivity contribution in [3.63, 3.8) is 0 Å². The van der Waals surface area contributed by atoms with E-state index in [2.05, 4.69) is 31.5 Å². The molecule has 4 nitrogen and oxygen atoms in total. The summed E-state index contributed by atoms with van der Waals surface area (Å²) in [5, 5.41) is 11.0. The van der Waals surface area contributed by atoms with Crippen molar-refractivity contribution < 1.29 is 4.79 Å². The average Bonchev–Trinajstić information content (AvgIpc) is 3.07. The molecule has 0 spiro atoms. The largest absolute Gasteiger partial charge is 0.347 e. The number of rotatable bonds is 3. The van der Waals surface area contributed by atoms with Gasteiger partial charge in [0, 0.05) is 27.8 Å². The van der Waals surface area contributed by atoms with Gasteiger partial charge in [-0.1, -0.05) is 0 Å². The maximum Gasteiger partial charge on any atom is 0.271 e. The van der Waals surface area contributed by atoms with Gasteiger partial charge in [0.25, 0.3) is 5.91 Å². The van der Waals surface area contributed by atoms with Crippen molar-refractivity contribution in [1.82, 2.24) is 15.6 Å². The number of amides is 1. The third-order valence-corrected chi connectivity index (χ3v) is 5.61. The molecule has 0 saturated carbocycles. The lowest BCUT2D eigenvalue weighted by molar-refractivity contribution is 0.0936. The summed E-state index contributed by atoms with van der Waals surface area (Å²) < 4.78 is 1.05. The molecule has 7 heteroatoms. The highest BCUT2D eigenvalue weighted by atomic mass is 79.9. The van der Waals surface area contributed by atoms with Gasteiger partial charge in [0.2, 0.25) is 0 Å². The Morgan fingerprint density at radius 2 is 2.37 bits per heavy atom. The molecule has 0 radical (unpaired) electrons. The molecule has 2 aromatic heterocycles. The fraction of sp³-hybridized carbons (Fsp3) is 0.333. The molecule has 1 aliphatic rings. The topological polar surface area (TPSA) is 54.0 Å². The Balaban J connectivity index is 1.71. The number of thiazole rings is 1. The quantitative estimate of drug-likeness (QED) is 0.887. The van der Waals surface area contributed by atoms with Gasteiger partial charge in [0.15, 0.2) is 0 Å². The molecule has 0 bridgehead atoms. The molecule has 1 saturated heterocycles. The summed E-state index contributed by atoms with van der Waals surface area (Å²) in [4.78, 5) is 17.5. The summed E-state index contributed by atoms with van der Waals surface area (Å²) in [7, 11) is 0. The van der Waals surface area contributed by atoms with Gasteiger partial charge >= 0.3 is 0 Å². The van der Waals surface area contributed by atoms with Gasteiger partial charge in [0.1, 0.15) is 10.7 Å². The minimum atomic E-state index is -0.0770. The second kappa shape index (κ2) is 5.70. The van der Waals surface area contributed by atoms with Crippen LogP contribution in [0.25, 0.3) is 9.88 Å². The fourth-order valence-electron chi connectivity index (χ4n) is 1.95. The van der Waals surface area contributed by atoms with Crippen LogP contribution in [0.2, 0.25) is 0 Å². The SMILES string of the molecule is O=C(NC1CCNC1)c1csc(-c2cc(Br)cs2)n1. The number of halogens is 1. The van der Waals surface area contributed by atoms with Crippen LogP contribution in [-0.4, -0.2) is 30.0 Å². The van der Waals surface area contributed by atoms with E-state index in [1.807, 2.05) is 16.8 Å². The number of nitrogens with one attached hydrogen (secondary N) is 2. The molecule has 1 aliphatic heterocycles. The molecule has 3 rings (SSSR count). The number of thiophene rings is 1. The second-order valence-electron chi connectivity index (χ2n) is 4.33. The summed E-state index contributed by atoms with van der Waals surface area (Å²) in [6.45, 7) is 1.82. The van der Waals surface area contributed by atoms with Crippen LogP contribution >= 0.6 is 38.6 Å². The maximum absolute atomic E-state index is 12.0. The summed E-state index contributed by atoms with van der Waals surface area (Å²) in [5.41, 5.74) is 0.511. The van der Waals surface area contributed by atoms with E-state index in [1.165, 1.54) is 11.3 Å². The number of carbonyl (C=O) groups is 1. The predicted octanol–water partition coefficient (Wildman–Crippen LogP) is 2.73. The lowest BCUT2D eigenvalue weighted by atomic mass is 10.2. The van der Waals surface area contributed by atoms with Gasteiger partial charge in [0.05, 0.1) is 4.88 Å². The third kappa shape index (κ3) is 3.05. The Morgan fingerprint density at radius 1 is 1.47 bits per heavy atom. The van der Waals surface area contributed by atoms with E-state index < -0.39 is 0 Å². The molecule has 1 unspecified atom stereocenters. The first-order chi connectivity index (χ1) is 9.22. The Kier molecular flexibility index (Phi) is 3.97. The van der Waals surface area contributed by atoms with Gasteiger partial charge in [-0.15, -0.1) is 22.7 Å². The number of nitrogens with zero attached hydrogens (tertiary/aromatic N) is 1. The molecule has 2 N–H and O–H groups in total. The maximum atomic E-state index is 12.0. The van der Waals surface area contributed by atoms with Crippen LogP contribution in [0, 0.1) is 0 Å². The molecule has 19 heavy (non-hydrogen) atoms. The van der Waals surface area contributed by atoms with Crippen LogP contribution in [0.3, 0.4) is 0 Å². The fourth-order valence-corrected chi connectivity index (χ4v) is 4.26. The second-order valence-corrected chi connectivity index (χ2v) is 7.02. The summed E-state index contributed by atoms with van der Waals surface area (Å²) >= 11 is 6.55. The van der Waals surface area contributed by atoms with E-state index in [9.17, 15) is 4.79 Å². The van der Waals surface area contributed by atoms with Gasteiger partial charge in [-0.25, -0.2) is 4.98 Å². The zero-order chi connectivity index (χ0) is 13.2. The van der Waals surface area contributed by atoms with Crippen LogP contribution in [0.1, 0.15) is 16.9 Å². The number of hydrogen-bond donors (Lipinski definition) is 2. The highest BCUT2D eigenvalue weighted by molar-refractivity contribution is 9.10. The monoisotopic (exact) mass is 357 g/mol. The lowest BCUT2D eigenvalue weighted by Gasteiger charge is -2.09. The van der Waals surface area contributed by atoms with Crippen LogP contribution in [0.15, 0.2) is 21.3 Å². The van der Waals surface area contributed by atoms with E-state index >= 15 is 0 Å². The zero-order valence-electron chi connectivity index (χ0n) is 9.98. The average molecular weight is 358 g/mol. The van der Waals surface area contributed by atoms with E-state index in [0.717, 1.165) is 33.9 Å². The Bertz CT molecular complexity index is 589. The Hall–Kier alpha value is -0.760. The predicted molar refractivity (Wildman–Crippen MR) is 81.9 cm³/mol. The van der Waals surface area contributed by atoms with Crippen LogP contribution in [0.5, 0.6) is 0 Å². The third-order valence-electron chi connectivity index (χ3n) is 2.91. The van der Waals surface area contributed by atoms with Crippen LogP contribution in [0.4, 0.5) is 0 Å².